The lowest BCUT2D eigenvalue weighted by Gasteiger charge is -2.44. The first-order valence-electron chi connectivity index (χ1n) is 11.3. The van der Waals surface area contributed by atoms with Gasteiger partial charge in [0, 0.05) is 36.5 Å². The fourth-order valence-electron chi connectivity index (χ4n) is 4.08. The summed E-state index contributed by atoms with van der Waals surface area (Å²) in [7, 11) is 1.75. The summed E-state index contributed by atoms with van der Waals surface area (Å²) < 4.78 is 5.73. The summed E-state index contributed by atoms with van der Waals surface area (Å²) in [6.45, 7) is 8.33. The quantitative estimate of drug-likeness (QED) is 0.445. The number of ketones is 1. The van der Waals surface area contributed by atoms with Crippen molar-refractivity contribution in [1.82, 2.24) is 15.3 Å². The van der Waals surface area contributed by atoms with E-state index in [9.17, 15) is 15.2 Å². The number of aliphatic hydroxyl groups excluding tert-OH is 1. The standard InChI is InChI=1S/C25H31ClN6O3/c1-14-22(21(15(2)28)16(3)33)30-23(31-24(14)32-12-25(4,11-27)13-32)19-8-18(6-7-20(19)26)35-10-17(34)9-29-5/h6-8,17,29,34H,9-10,12-13,28H2,1-5H3/t17-/m1/s1. The van der Waals surface area contributed by atoms with Gasteiger partial charge in [-0.3, -0.25) is 4.79 Å². The van der Waals surface area contributed by atoms with Crippen molar-refractivity contribution in [2.45, 2.75) is 33.8 Å². The van der Waals surface area contributed by atoms with Gasteiger partial charge < -0.3 is 25.8 Å². The van der Waals surface area contributed by atoms with Gasteiger partial charge in [-0.15, -0.1) is 0 Å². The van der Waals surface area contributed by atoms with Gasteiger partial charge in [-0.05, 0) is 52.9 Å². The van der Waals surface area contributed by atoms with E-state index in [1.165, 1.54) is 6.92 Å². The Kier molecular flexibility index (Phi) is 8.00. The lowest BCUT2D eigenvalue weighted by molar-refractivity contribution is -0.111. The molecule has 186 valence electrons. The molecule has 0 aliphatic carbocycles. The highest BCUT2D eigenvalue weighted by Crippen LogP contribution is 2.38. The number of hydrogen-bond acceptors (Lipinski definition) is 9. The van der Waals surface area contributed by atoms with Gasteiger partial charge in [-0.25, -0.2) is 9.97 Å². The molecule has 0 spiro atoms. The van der Waals surface area contributed by atoms with Gasteiger partial charge in [0.05, 0.1) is 27.8 Å². The SMILES string of the molecule is CNC[C@@H](O)COc1ccc(Cl)c(-c2nc(C(C(C)=O)=C(C)N)c(C)c(N3CC(C)(C#N)C3)n2)c1. The normalized spacial score (nSPS) is 16.1. The lowest BCUT2D eigenvalue weighted by atomic mass is 9.83. The summed E-state index contributed by atoms with van der Waals surface area (Å²) in [4.78, 5) is 24.0. The molecule has 0 bridgehead atoms. The zero-order chi connectivity index (χ0) is 25.9. The minimum atomic E-state index is -0.676. The summed E-state index contributed by atoms with van der Waals surface area (Å²) in [5, 5.41) is 22.7. The fourth-order valence-corrected chi connectivity index (χ4v) is 4.28. The van der Waals surface area contributed by atoms with Gasteiger partial charge in [0.25, 0.3) is 0 Å². The second-order valence-corrected chi connectivity index (χ2v) is 9.56. The van der Waals surface area contributed by atoms with Crippen molar-refractivity contribution < 1.29 is 14.6 Å². The van der Waals surface area contributed by atoms with Crippen molar-refractivity contribution in [1.29, 1.82) is 5.26 Å². The molecule has 1 aliphatic heterocycles. The highest BCUT2D eigenvalue weighted by Gasteiger charge is 2.41. The van der Waals surface area contributed by atoms with E-state index in [4.69, 9.17) is 32.0 Å². The fraction of sp³-hybridized carbons (Fsp3) is 0.440. The summed E-state index contributed by atoms with van der Waals surface area (Å²) in [6.07, 6.45) is -0.676. The molecule has 1 aromatic heterocycles. The van der Waals surface area contributed by atoms with Crippen molar-refractivity contribution in [3.8, 4) is 23.2 Å². The summed E-state index contributed by atoms with van der Waals surface area (Å²) >= 11 is 6.53. The van der Waals surface area contributed by atoms with Crippen LogP contribution in [0.15, 0.2) is 23.9 Å². The third-order valence-corrected chi connectivity index (χ3v) is 6.14. The Labute approximate surface area is 210 Å². The zero-order valence-electron chi connectivity index (χ0n) is 20.6. The predicted octanol–water partition coefficient (Wildman–Crippen LogP) is 2.69. The Hall–Kier alpha value is -3.19. The van der Waals surface area contributed by atoms with Gasteiger partial charge in [-0.1, -0.05) is 11.6 Å². The number of Topliss-reactive ketones (excluding diaryl/α,β-unsaturated/α-hetero) is 1. The number of anilines is 1. The molecule has 35 heavy (non-hydrogen) atoms. The number of carbonyl (C=O) groups excluding carboxylic acids is 1. The van der Waals surface area contributed by atoms with Crippen LogP contribution in [0, 0.1) is 23.7 Å². The molecule has 0 unspecified atom stereocenters. The topological polar surface area (TPSA) is 137 Å². The van der Waals surface area contributed by atoms with Gasteiger partial charge in [0.15, 0.2) is 11.6 Å². The van der Waals surface area contributed by atoms with Crippen LogP contribution in [0.25, 0.3) is 17.0 Å². The highest BCUT2D eigenvalue weighted by atomic mass is 35.5. The minimum absolute atomic E-state index is 0.0945. The molecule has 0 saturated carbocycles. The number of halogens is 1. The Morgan fingerprint density at radius 2 is 2.09 bits per heavy atom. The van der Waals surface area contributed by atoms with Crippen molar-refractivity contribution in [2.24, 2.45) is 11.1 Å². The Bertz CT molecular complexity index is 1200. The van der Waals surface area contributed by atoms with E-state index in [-0.39, 0.29) is 12.4 Å². The van der Waals surface area contributed by atoms with E-state index in [1.807, 2.05) is 18.7 Å². The lowest BCUT2D eigenvalue weighted by Crippen LogP contribution is -2.54. The number of allylic oxidation sites excluding steroid dienone is 2. The Morgan fingerprint density at radius 3 is 2.66 bits per heavy atom. The molecular weight excluding hydrogens is 468 g/mol. The van der Waals surface area contributed by atoms with E-state index < -0.39 is 11.5 Å². The van der Waals surface area contributed by atoms with E-state index in [1.54, 1.807) is 32.2 Å². The summed E-state index contributed by atoms with van der Waals surface area (Å²) in [5.41, 5.74) is 7.90. The number of likely N-dealkylation sites (N-methyl/N-ethyl adjacent to an activating group) is 1. The van der Waals surface area contributed by atoms with Gasteiger partial charge in [-0.2, -0.15) is 5.26 Å². The molecule has 10 heteroatoms. The number of nitrogens with two attached hydrogens (primary N) is 1. The molecule has 1 fully saturated rings. The molecular formula is C25H31ClN6O3. The second-order valence-electron chi connectivity index (χ2n) is 9.15. The van der Waals surface area contributed by atoms with Crippen LogP contribution in [-0.4, -0.2) is 60.3 Å². The second kappa shape index (κ2) is 10.6. The first kappa shape index (κ1) is 26.4. The van der Waals surface area contributed by atoms with E-state index in [2.05, 4.69) is 11.4 Å². The molecule has 1 aromatic carbocycles. The van der Waals surface area contributed by atoms with Crippen molar-refractivity contribution in [3.05, 3.63) is 40.2 Å². The zero-order valence-corrected chi connectivity index (χ0v) is 21.4. The van der Waals surface area contributed by atoms with Crippen LogP contribution >= 0.6 is 11.6 Å². The van der Waals surface area contributed by atoms with E-state index >= 15 is 0 Å². The van der Waals surface area contributed by atoms with Gasteiger partial charge in [0.1, 0.15) is 24.3 Å². The molecule has 4 N–H and O–H groups in total. The van der Waals surface area contributed by atoms with E-state index in [0.717, 1.165) is 0 Å². The van der Waals surface area contributed by atoms with Crippen LogP contribution in [0.3, 0.4) is 0 Å². The molecule has 0 amide bonds. The smallest absolute Gasteiger partial charge is 0.163 e. The van der Waals surface area contributed by atoms with Crippen molar-refractivity contribution in [2.75, 3.05) is 38.2 Å². The molecule has 0 radical (unpaired) electrons. The average molecular weight is 499 g/mol. The van der Waals surface area contributed by atoms with Crippen molar-refractivity contribution in [3.63, 3.8) is 0 Å². The first-order chi connectivity index (χ1) is 16.5. The monoisotopic (exact) mass is 498 g/mol. The Morgan fingerprint density at radius 1 is 1.40 bits per heavy atom. The number of rotatable bonds is 9. The number of nitrogens with one attached hydrogen (secondary N) is 1. The maximum atomic E-state index is 12.5. The molecule has 2 aromatic rings. The number of aromatic nitrogens is 2. The molecule has 2 heterocycles. The molecule has 1 atom stereocenters. The van der Waals surface area contributed by atoms with Gasteiger partial charge in [0.2, 0.25) is 0 Å². The maximum Gasteiger partial charge on any atom is 0.163 e. The summed E-state index contributed by atoms with van der Waals surface area (Å²) in [5.74, 6) is 1.20. The minimum Gasteiger partial charge on any atom is -0.491 e. The molecule has 3 rings (SSSR count). The highest BCUT2D eigenvalue weighted by molar-refractivity contribution is 6.33. The van der Waals surface area contributed by atoms with Crippen molar-refractivity contribution >= 4 is 28.8 Å². The number of ether oxygens (including phenoxy) is 1. The van der Waals surface area contributed by atoms with Crippen LogP contribution in [0.4, 0.5) is 5.82 Å². The van der Waals surface area contributed by atoms with Crippen LogP contribution in [0.5, 0.6) is 5.75 Å². The molecule has 1 saturated heterocycles. The van der Waals surface area contributed by atoms with Crippen LogP contribution in [0.2, 0.25) is 5.02 Å². The maximum absolute atomic E-state index is 12.5. The third-order valence-electron chi connectivity index (χ3n) is 5.81. The van der Waals surface area contributed by atoms with Gasteiger partial charge >= 0.3 is 0 Å². The van der Waals surface area contributed by atoms with Crippen LogP contribution in [-0.2, 0) is 4.79 Å². The van der Waals surface area contributed by atoms with Crippen LogP contribution < -0.4 is 20.7 Å². The first-order valence-corrected chi connectivity index (χ1v) is 11.7. The molecule has 9 nitrogen and oxygen atoms in total. The molecule has 1 aliphatic rings. The van der Waals surface area contributed by atoms with E-state index in [0.29, 0.717) is 70.1 Å². The average Bonchev–Trinajstić information content (AvgIpc) is 2.77. The predicted molar refractivity (Wildman–Crippen MR) is 136 cm³/mol. The third kappa shape index (κ3) is 5.73. The number of hydrogen-bond donors (Lipinski definition) is 3. The number of nitrogens with zero attached hydrogens (tertiary/aromatic N) is 4. The number of nitriles is 1. The number of benzene rings is 1. The number of aliphatic hydroxyl groups is 1. The largest absolute Gasteiger partial charge is 0.491 e. The van der Waals surface area contributed by atoms with Crippen LogP contribution in [0.1, 0.15) is 32.0 Å². The Balaban J connectivity index is 2.12. The number of carbonyl (C=O) groups is 1. The summed E-state index contributed by atoms with van der Waals surface area (Å²) in [6, 6.07) is 7.41.